The fraction of sp³-hybridized carbons (Fsp3) is 0.448. The van der Waals surface area contributed by atoms with Crippen molar-refractivity contribution < 1.29 is 33.4 Å². The van der Waals surface area contributed by atoms with E-state index in [0.717, 1.165) is 0 Å². The molecule has 2 heterocycles. The summed E-state index contributed by atoms with van der Waals surface area (Å²) in [5.41, 5.74) is 13.4. The van der Waals surface area contributed by atoms with Crippen LogP contribution < -0.4 is 21.5 Å². The first kappa shape index (κ1) is 32.8. The molecule has 43 heavy (non-hydrogen) atoms. The van der Waals surface area contributed by atoms with E-state index in [1.165, 1.54) is 12.1 Å². The fourth-order valence-electron chi connectivity index (χ4n) is 4.28. The second-order valence-corrected chi connectivity index (χ2v) is 9.48. The Bertz CT molecular complexity index is 1480. The topological polar surface area (TPSA) is 196 Å². The highest BCUT2D eigenvalue weighted by molar-refractivity contribution is 6.04. The summed E-state index contributed by atoms with van der Waals surface area (Å²) in [5.74, 6) is -1.30. The number of hydrogen-bond acceptors (Lipinski definition) is 10. The minimum Gasteiger partial charge on any atom is -0.491 e. The van der Waals surface area contributed by atoms with E-state index in [1.807, 2.05) is 13.0 Å². The van der Waals surface area contributed by atoms with Crippen LogP contribution in [-0.2, 0) is 32.2 Å². The van der Waals surface area contributed by atoms with E-state index in [9.17, 15) is 19.2 Å². The third-order valence-electron chi connectivity index (χ3n) is 6.22. The van der Waals surface area contributed by atoms with Gasteiger partial charge >= 0.3 is 11.9 Å². The largest absolute Gasteiger partial charge is 0.491 e. The Balaban J connectivity index is 1.78. The number of nitrogens with one attached hydrogen (secondary N) is 1. The summed E-state index contributed by atoms with van der Waals surface area (Å²) < 4.78 is 19.4. The van der Waals surface area contributed by atoms with Crippen molar-refractivity contribution in [3.8, 4) is 5.75 Å². The molecule has 0 radical (unpaired) electrons. The zero-order valence-corrected chi connectivity index (χ0v) is 24.8. The molecular weight excluding hydrogens is 558 g/mol. The fourth-order valence-corrected chi connectivity index (χ4v) is 4.28. The van der Waals surface area contributed by atoms with Crippen molar-refractivity contribution in [1.82, 2.24) is 19.3 Å². The standard InChI is InChI=1S/C29H39N7O7/c1-4-36-22(16-19(3)34-36)28(40)33-29-32-21-17-20(27(31)39)18-23(26(21)35(29)13-7-6-12-30)42-14-9-15-43-25(38)11-8-10-24(37)41-5-2/h6-7,16-18H,4-5,8-15,30H2,1-3H3,(H2,31,39)(H,32,33,40)/b7-6+. The SMILES string of the molecule is CCOC(=O)CCCC(=O)OCCCOc1cc(C(N)=O)cc2nc(NC(=O)c3cc(C)nn3CC)n(C/C=C/CN)c12. The van der Waals surface area contributed by atoms with Crippen LogP contribution in [0.5, 0.6) is 5.75 Å². The van der Waals surface area contributed by atoms with Crippen LogP contribution in [0, 0.1) is 6.92 Å². The highest BCUT2D eigenvalue weighted by Gasteiger charge is 2.21. The number of ether oxygens (including phenoxy) is 3. The molecule has 2 amide bonds. The molecule has 1 aromatic carbocycles. The van der Waals surface area contributed by atoms with Crippen LogP contribution in [-0.4, -0.2) is 69.4 Å². The highest BCUT2D eigenvalue weighted by atomic mass is 16.5. The number of fused-ring (bicyclic) bond motifs is 1. The summed E-state index contributed by atoms with van der Waals surface area (Å²) >= 11 is 0. The summed E-state index contributed by atoms with van der Waals surface area (Å²) in [6.45, 7) is 7.08. The molecule has 0 aliphatic heterocycles. The second-order valence-electron chi connectivity index (χ2n) is 9.48. The lowest BCUT2D eigenvalue weighted by Crippen LogP contribution is -2.20. The number of aryl methyl sites for hydroxylation is 2. The number of anilines is 1. The third kappa shape index (κ3) is 9.13. The number of nitrogens with two attached hydrogens (primary N) is 2. The van der Waals surface area contributed by atoms with Gasteiger partial charge < -0.3 is 30.2 Å². The Kier molecular flexibility index (Phi) is 12.2. The van der Waals surface area contributed by atoms with Crippen LogP contribution in [0.25, 0.3) is 11.0 Å². The van der Waals surface area contributed by atoms with Gasteiger partial charge in [-0.3, -0.25) is 29.2 Å². The lowest BCUT2D eigenvalue weighted by atomic mass is 10.1. The summed E-state index contributed by atoms with van der Waals surface area (Å²) in [5, 5.41) is 7.19. The lowest BCUT2D eigenvalue weighted by Gasteiger charge is -2.13. The average molecular weight is 598 g/mol. The number of hydrogen-bond donors (Lipinski definition) is 3. The van der Waals surface area contributed by atoms with Gasteiger partial charge in [0.05, 0.1) is 31.0 Å². The number of esters is 2. The summed E-state index contributed by atoms with van der Waals surface area (Å²) in [7, 11) is 0. The normalized spacial score (nSPS) is 11.2. The maximum absolute atomic E-state index is 13.2. The molecule has 0 unspecified atom stereocenters. The van der Waals surface area contributed by atoms with E-state index in [1.54, 1.807) is 35.2 Å². The quantitative estimate of drug-likeness (QED) is 0.118. The average Bonchev–Trinajstić information content (AvgIpc) is 3.52. The molecule has 0 fully saturated rings. The number of nitrogens with zero attached hydrogens (tertiary/aromatic N) is 4. The molecular formula is C29H39N7O7. The second kappa shape index (κ2) is 16.1. The molecule has 0 bridgehead atoms. The molecule has 14 heteroatoms. The molecule has 0 aliphatic carbocycles. The first-order valence-corrected chi connectivity index (χ1v) is 14.2. The number of aromatic nitrogens is 4. The van der Waals surface area contributed by atoms with E-state index < -0.39 is 17.8 Å². The number of benzene rings is 1. The predicted octanol–water partition coefficient (Wildman–Crippen LogP) is 2.47. The van der Waals surface area contributed by atoms with Crippen molar-refractivity contribution in [3.63, 3.8) is 0 Å². The van der Waals surface area contributed by atoms with Gasteiger partial charge in [0, 0.05) is 44.5 Å². The molecule has 3 aromatic rings. The molecule has 0 spiro atoms. The molecule has 3 rings (SSSR count). The van der Waals surface area contributed by atoms with Crippen molar-refractivity contribution in [2.75, 3.05) is 31.7 Å². The Morgan fingerprint density at radius 2 is 1.74 bits per heavy atom. The Hall–Kier alpha value is -4.72. The number of imidazole rings is 1. The lowest BCUT2D eigenvalue weighted by molar-refractivity contribution is -0.145. The number of allylic oxidation sites excluding steroid dienone is 1. The minimum absolute atomic E-state index is 0.0984. The van der Waals surface area contributed by atoms with Gasteiger partial charge in [0.25, 0.3) is 5.91 Å². The van der Waals surface area contributed by atoms with Gasteiger partial charge in [-0.1, -0.05) is 12.2 Å². The number of amides is 2. The zero-order valence-electron chi connectivity index (χ0n) is 24.8. The number of rotatable bonds is 17. The van der Waals surface area contributed by atoms with Gasteiger partial charge in [0.2, 0.25) is 11.9 Å². The van der Waals surface area contributed by atoms with Crippen molar-refractivity contribution in [3.05, 3.63) is 47.3 Å². The van der Waals surface area contributed by atoms with Gasteiger partial charge in [0.1, 0.15) is 17.0 Å². The van der Waals surface area contributed by atoms with E-state index in [2.05, 4.69) is 15.4 Å². The molecule has 0 saturated heterocycles. The Morgan fingerprint density at radius 1 is 1.00 bits per heavy atom. The van der Waals surface area contributed by atoms with E-state index in [-0.39, 0.29) is 43.5 Å². The van der Waals surface area contributed by atoms with Crippen molar-refractivity contribution in [2.45, 2.75) is 59.5 Å². The third-order valence-corrected chi connectivity index (χ3v) is 6.22. The Labute approximate surface area is 249 Å². The molecule has 0 aliphatic rings. The Morgan fingerprint density at radius 3 is 2.42 bits per heavy atom. The molecule has 0 atom stereocenters. The van der Waals surface area contributed by atoms with Crippen LogP contribution in [0.4, 0.5) is 5.95 Å². The van der Waals surface area contributed by atoms with Gasteiger partial charge in [-0.05, 0) is 45.4 Å². The smallest absolute Gasteiger partial charge is 0.305 e. The molecule has 2 aromatic heterocycles. The summed E-state index contributed by atoms with van der Waals surface area (Å²) in [6, 6.07) is 4.73. The highest BCUT2D eigenvalue weighted by Crippen LogP contribution is 2.31. The number of carbonyl (C=O) groups is 4. The van der Waals surface area contributed by atoms with Crippen LogP contribution in [0.3, 0.4) is 0 Å². The number of primary amides is 1. The molecule has 232 valence electrons. The van der Waals surface area contributed by atoms with Crippen LogP contribution in [0.15, 0.2) is 30.4 Å². The van der Waals surface area contributed by atoms with Crippen LogP contribution in [0.2, 0.25) is 0 Å². The first-order chi connectivity index (χ1) is 20.7. The van der Waals surface area contributed by atoms with Crippen molar-refractivity contribution in [1.29, 1.82) is 0 Å². The summed E-state index contributed by atoms with van der Waals surface area (Å²) in [6.07, 6.45) is 4.54. The molecule has 5 N–H and O–H groups in total. The zero-order chi connectivity index (χ0) is 31.4. The maximum atomic E-state index is 13.2. The van der Waals surface area contributed by atoms with Crippen molar-refractivity contribution in [2.24, 2.45) is 11.5 Å². The molecule has 14 nitrogen and oxygen atoms in total. The predicted molar refractivity (Wildman–Crippen MR) is 159 cm³/mol. The summed E-state index contributed by atoms with van der Waals surface area (Å²) in [4.78, 5) is 53.3. The van der Waals surface area contributed by atoms with Crippen LogP contribution >= 0.6 is 0 Å². The van der Waals surface area contributed by atoms with Crippen LogP contribution in [0.1, 0.15) is 66.1 Å². The monoisotopic (exact) mass is 597 g/mol. The van der Waals surface area contributed by atoms with Crippen molar-refractivity contribution >= 4 is 40.7 Å². The van der Waals surface area contributed by atoms with E-state index >= 15 is 0 Å². The van der Waals surface area contributed by atoms with Gasteiger partial charge in [-0.2, -0.15) is 5.10 Å². The van der Waals surface area contributed by atoms with Gasteiger partial charge in [-0.15, -0.1) is 0 Å². The van der Waals surface area contributed by atoms with E-state index in [0.29, 0.717) is 67.3 Å². The number of carbonyl (C=O) groups excluding carboxylic acids is 4. The maximum Gasteiger partial charge on any atom is 0.305 e. The van der Waals surface area contributed by atoms with Gasteiger partial charge in [0.15, 0.2) is 0 Å². The van der Waals surface area contributed by atoms with E-state index in [4.69, 9.17) is 25.7 Å². The minimum atomic E-state index is -0.672. The van der Waals surface area contributed by atoms with Gasteiger partial charge in [-0.25, -0.2) is 4.98 Å². The molecule has 0 saturated carbocycles. The first-order valence-electron chi connectivity index (χ1n) is 14.2.